The summed E-state index contributed by atoms with van der Waals surface area (Å²) >= 11 is 0. The van der Waals surface area contributed by atoms with Crippen molar-refractivity contribution in [1.82, 2.24) is 0 Å². The summed E-state index contributed by atoms with van der Waals surface area (Å²) in [5.74, 6) is 0.231. The summed E-state index contributed by atoms with van der Waals surface area (Å²) in [5, 5.41) is 10.4. The van der Waals surface area contributed by atoms with Gasteiger partial charge in [0.15, 0.2) is 11.3 Å². The first-order valence-electron chi connectivity index (χ1n) is 4.00. The zero-order chi connectivity index (χ0) is 8.55. The minimum absolute atomic E-state index is 0.231. The van der Waals surface area contributed by atoms with Gasteiger partial charge in [-0.25, -0.2) is 0 Å². The number of phenolic OH excluding ortho intramolecular Hbond substituents is 1. The summed E-state index contributed by atoms with van der Waals surface area (Å²) in [5.41, 5.74) is 1.70. The van der Waals surface area contributed by atoms with Crippen molar-refractivity contribution >= 4 is 11.0 Å². The van der Waals surface area contributed by atoms with E-state index in [0.29, 0.717) is 5.58 Å². The SMILES string of the molecule is CCc1cc(O)c2occc2c1. The van der Waals surface area contributed by atoms with Crippen LogP contribution in [0, 0.1) is 0 Å². The van der Waals surface area contributed by atoms with Crippen LogP contribution in [-0.2, 0) is 6.42 Å². The van der Waals surface area contributed by atoms with E-state index >= 15 is 0 Å². The Bertz CT molecular complexity index is 401. The number of aromatic hydroxyl groups is 1. The molecule has 0 aliphatic carbocycles. The summed E-state index contributed by atoms with van der Waals surface area (Å²) in [4.78, 5) is 0. The summed E-state index contributed by atoms with van der Waals surface area (Å²) < 4.78 is 5.10. The molecule has 2 rings (SSSR count). The molecule has 0 spiro atoms. The smallest absolute Gasteiger partial charge is 0.175 e. The second-order valence-corrected chi connectivity index (χ2v) is 2.81. The second kappa shape index (κ2) is 2.55. The predicted octanol–water partition coefficient (Wildman–Crippen LogP) is 2.70. The van der Waals surface area contributed by atoms with Crippen molar-refractivity contribution in [3.05, 3.63) is 30.0 Å². The molecule has 2 heteroatoms. The largest absolute Gasteiger partial charge is 0.504 e. The van der Waals surface area contributed by atoms with Crippen molar-refractivity contribution in [3.63, 3.8) is 0 Å². The standard InChI is InChI=1S/C10H10O2/c1-2-7-5-8-3-4-12-10(8)9(11)6-7/h3-6,11H,2H2,1H3. The second-order valence-electron chi connectivity index (χ2n) is 2.81. The fraction of sp³-hybridized carbons (Fsp3) is 0.200. The Morgan fingerprint density at radius 2 is 2.25 bits per heavy atom. The molecule has 0 radical (unpaired) electrons. The summed E-state index contributed by atoms with van der Waals surface area (Å²) in [6, 6.07) is 5.62. The molecule has 0 aliphatic heterocycles. The number of rotatable bonds is 1. The predicted molar refractivity (Wildman–Crippen MR) is 47.3 cm³/mol. The number of aryl methyl sites for hydroxylation is 1. The van der Waals surface area contributed by atoms with Crippen LogP contribution in [0.5, 0.6) is 5.75 Å². The molecule has 1 aromatic carbocycles. The van der Waals surface area contributed by atoms with E-state index in [1.807, 2.05) is 12.1 Å². The van der Waals surface area contributed by atoms with Gasteiger partial charge < -0.3 is 9.52 Å². The van der Waals surface area contributed by atoms with E-state index < -0.39 is 0 Å². The zero-order valence-electron chi connectivity index (χ0n) is 6.87. The van der Waals surface area contributed by atoms with Crippen LogP contribution >= 0.6 is 0 Å². The first-order valence-corrected chi connectivity index (χ1v) is 4.00. The fourth-order valence-electron chi connectivity index (χ4n) is 1.33. The molecule has 2 nitrogen and oxygen atoms in total. The lowest BCUT2D eigenvalue weighted by Gasteiger charge is -1.98. The molecule has 0 aliphatic rings. The molecule has 62 valence electrons. The maximum Gasteiger partial charge on any atom is 0.175 e. The van der Waals surface area contributed by atoms with Crippen molar-refractivity contribution in [2.75, 3.05) is 0 Å². The topological polar surface area (TPSA) is 33.4 Å². The van der Waals surface area contributed by atoms with E-state index in [1.54, 1.807) is 12.3 Å². The van der Waals surface area contributed by atoms with E-state index in [4.69, 9.17) is 4.42 Å². The Morgan fingerprint density at radius 3 is 3.00 bits per heavy atom. The number of hydrogen-bond donors (Lipinski definition) is 1. The number of fused-ring (bicyclic) bond motifs is 1. The van der Waals surface area contributed by atoms with Gasteiger partial charge >= 0.3 is 0 Å². The van der Waals surface area contributed by atoms with Gasteiger partial charge in [-0.05, 0) is 30.2 Å². The van der Waals surface area contributed by atoms with Crippen molar-refractivity contribution in [3.8, 4) is 5.75 Å². The van der Waals surface area contributed by atoms with E-state index in [0.717, 1.165) is 17.4 Å². The molecular formula is C10H10O2. The van der Waals surface area contributed by atoms with E-state index in [9.17, 15) is 5.11 Å². The van der Waals surface area contributed by atoms with Crippen LogP contribution in [0.15, 0.2) is 28.9 Å². The molecule has 0 fully saturated rings. The van der Waals surface area contributed by atoms with Crippen LogP contribution in [0.4, 0.5) is 0 Å². The minimum Gasteiger partial charge on any atom is -0.504 e. The molecule has 0 amide bonds. The van der Waals surface area contributed by atoms with Gasteiger partial charge in [-0.2, -0.15) is 0 Å². The van der Waals surface area contributed by atoms with Crippen LogP contribution in [0.3, 0.4) is 0 Å². The average molecular weight is 162 g/mol. The first-order chi connectivity index (χ1) is 5.81. The van der Waals surface area contributed by atoms with E-state index in [2.05, 4.69) is 6.92 Å². The van der Waals surface area contributed by atoms with Gasteiger partial charge in [-0.3, -0.25) is 0 Å². The highest BCUT2D eigenvalue weighted by Crippen LogP contribution is 2.27. The van der Waals surface area contributed by atoms with Crippen LogP contribution < -0.4 is 0 Å². The Balaban J connectivity index is 2.75. The molecule has 1 N–H and O–H groups in total. The Morgan fingerprint density at radius 1 is 1.42 bits per heavy atom. The first kappa shape index (κ1) is 7.22. The van der Waals surface area contributed by atoms with Gasteiger partial charge in [0.05, 0.1) is 6.26 Å². The van der Waals surface area contributed by atoms with Gasteiger partial charge in [-0.1, -0.05) is 6.92 Å². The molecular weight excluding hydrogens is 152 g/mol. The number of furan rings is 1. The lowest BCUT2D eigenvalue weighted by molar-refractivity contribution is 0.464. The highest BCUT2D eigenvalue weighted by molar-refractivity contribution is 5.83. The van der Waals surface area contributed by atoms with Crippen LogP contribution in [0.1, 0.15) is 12.5 Å². The van der Waals surface area contributed by atoms with E-state index in [-0.39, 0.29) is 5.75 Å². The summed E-state index contributed by atoms with van der Waals surface area (Å²) in [6.45, 7) is 2.06. The molecule has 2 aromatic rings. The Hall–Kier alpha value is -1.44. The van der Waals surface area contributed by atoms with Crippen molar-refractivity contribution in [2.24, 2.45) is 0 Å². The maximum atomic E-state index is 9.48. The quantitative estimate of drug-likeness (QED) is 0.699. The van der Waals surface area contributed by atoms with E-state index in [1.165, 1.54) is 0 Å². The number of hydrogen-bond acceptors (Lipinski definition) is 2. The average Bonchev–Trinajstić information content (AvgIpc) is 2.52. The molecule has 1 aromatic heterocycles. The normalized spacial score (nSPS) is 10.8. The van der Waals surface area contributed by atoms with Crippen molar-refractivity contribution < 1.29 is 9.52 Å². The summed E-state index contributed by atoms with van der Waals surface area (Å²) in [7, 11) is 0. The van der Waals surface area contributed by atoms with Gasteiger partial charge in [0, 0.05) is 5.39 Å². The molecule has 0 saturated carbocycles. The molecule has 12 heavy (non-hydrogen) atoms. The molecule has 0 atom stereocenters. The molecule has 0 saturated heterocycles. The lowest BCUT2D eigenvalue weighted by Crippen LogP contribution is -1.78. The van der Waals surface area contributed by atoms with Crippen LogP contribution in [0.25, 0.3) is 11.0 Å². The minimum atomic E-state index is 0.231. The Labute approximate surface area is 70.4 Å². The highest BCUT2D eigenvalue weighted by atomic mass is 16.3. The third-order valence-electron chi connectivity index (χ3n) is 2.00. The number of phenols is 1. The van der Waals surface area contributed by atoms with Crippen LogP contribution in [-0.4, -0.2) is 5.11 Å². The maximum absolute atomic E-state index is 9.48. The highest BCUT2D eigenvalue weighted by Gasteiger charge is 2.03. The van der Waals surface area contributed by atoms with Gasteiger partial charge in [0.1, 0.15) is 0 Å². The summed E-state index contributed by atoms with van der Waals surface area (Å²) in [6.07, 6.45) is 2.51. The number of benzene rings is 1. The third kappa shape index (κ3) is 0.961. The monoisotopic (exact) mass is 162 g/mol. The van der Waals surface area contributed by atoms with Gasteiger partial charge in [0.2, 0.25) is 0 Å². The third-order valence-corrected chi connectivity index (χ3v) is 2.00. The molecule has 0 bridgehead atoms. The lowest BCUT2D eigenvalue weighted by atomic mass is 10.1. The Kier molecular flexibility index (Phi) is 1.54. The van der Waals surface area contributed by atoms with Gasteiger partial charge in [0.25, 0.3) is 0 Å². The van der Waals surface area contributed by atoms with Crippen molar-refractivity contribution in [2.45, 2.75) is 13.3 Å². The zero-order valence-corrected chi connectivity index (χ0v) is 6.87. The van der Waals surface area contributed by atoms with Crippen molar-refractivity contribution in [1.29, 1.82) is 0 Å². The molecule has 0 unspecified atom stereocenters. The fourth-order valence-corrected chi connectivity index (χ4v) is 1.33. The van der Waals surface area contributed by atoms with Crippen LogP contribution in [0.2, 0.25) is 0 Å². The van der Waals surface area contributed by atoms with Gasteiger partial charge in [-0.15, -0.1) is 0 Å². The molecule has 1 heterocycles.